The van der Waals surface area contributed by atoms with Crippen molar-refractivity contribution >= 4 is 5.91 Å². The van der Waals surface area contributed by atoms with Crippen LogP contribution in [0.5, 0.6) is 0 Å². The van der Waals surface area contributed by atoms with Crippen LogP contribution in [0.4, 0.5) is 0 Å². The van der Waals surface area contributed by atoms with Crippen LogP contribution in [-0.2, 0) is 24.9 Å². The molecule has 0 unspecified atom stereocenters. The SMILES string of the molecule is CCn1cc2c(n1)CN(C(=O)c1cccn1C)C[C@H]2COC. The molecule has 0 aromatic carbocycles. The molecule has 6 nitrogen and oxygen atoms in total. The summed E-state index contributed by atoms with van der Waals surface area (Å²) in [6.45, 7) is 4.72. The van der Waals surface area contributed by atoms with Crippen LogP contribution in [0.2, 0.25) is 0 Å². The van der Waals surface area contributed by atoms with Crippen molar-refractivity contribution in [2.75, 3.05) is 20.3 Å². The molecule has 2 aromatic rings. The lowest BCUT2D eigenvalue weighted by atomic mass is 9.95. The number of methoxy groups -OCH3 is 1. The van der Waals surface area contributed by atoms with Gasteiger partial charge in [0, 0.05) is 51.1 Å². The zero-order chi connectivity index (χ0) is 15.7. The number of rotatable bonds is 4. The van der Waals surface area contributed by atoms with Gasteiger partial charge in [-0.1, -0.05) is 0 Å². The molecule has 118 valence electrons. The van der Waals surface area contributed by atoms with E-state index in [1.807, 2.05) is 39.5 Å². The number of carbonyl (C=O) groups is 1. The highest BCUT2D eigenvalue weighted by atomic mass is 16.5. The van der Waals surface area contributed by atoms with Gasteiger partial charge < -0.3 is 14.2 Å². The van der Waals surface area contributed by atoms with E-state index in [-0.39, 0.29) is 11.8 Å². The molecule has 1 amide bonds. The molecule has 0 aliphatic carbocycles. The Morgan fingerprint density at radius 1 is 1.50 bits per heavy atom. The molecule has 0 saturated carbocycles. The fraction of sp³-hybridized carbons (Fsp3) is 0.500. The Hall–Kier alpha value is -2.08. The van der Waals surface area contributed by atoms with E-state index in [4.69, 9.17) is 4.74 Å². The topological polar surface area (TPSA) is 52.3 Å². The molecule has 1 aliphatic heterocycles. The molecule has 3 heterocycles. The Balaban J connectivity index is 1.89. The second-order valence-electron chi connectivity index (χ2n) is 5.73. The van der Waals surface area contributed by atoms with E-state index in [0.29, 0.717) is 25.4 Å². The first-order valence-corrected chi connectivity index (χ1v) is 7.59. The number of fused-ring (bicyclic) bond motifs is 1. The maximum Gasteiger partial charge on any atom is 0.270 e. The van der Waals surface area contributed by atoms with Crippen molar-refractivity contribution in [3.05, 3.63) is 41.5 Å². The van der Waals surface area contributed by atoms with Crippen molar-refractivity contribution in [1.29, 1.82) is 0 Å². The van der Waals surface area contributed by atoms with Crippen LogP contribution in [0.15, 0.2) is 24.5 Å². The van der Waals surface area contributed by atoms with Gasteiger partial charge in [-0.2, -0.15) is 5.10 Å². The highest BCUT2D eigenvalue weighted by Crippen LogP contribution is 2.28. The first-order valence-electron chi connectivity index (χ1n) is 7.59. The largest absolute Gasteiger partial charge is 0.384 e. The van der Waals surface area contributed by atoms with Gasteiger partial charge in [0.25, 0.3) is 5.91 Å². The zero-order valence-corrected chi connectivity index (χ0v) is 13.3. The number of aryl methyl sites for hydroxylation is 2. The third-order valence-corrected chi connectivity index (χ3v) is 4.23. The molecule has 0 N–H and O–H groups in total. The molecule has 0 saturated heterocycles. The minimum atomic E-state index is 0.0466. The Labute approximate surface area is 130 Å². The average molecular weight is 302 g/mol. The van der Waals surface area contributed by atoms with Crippen LogP contribution in [0.1, 0.15) is 34.6 Å². The maximum atomic E-state index is 12.7. The van der Waals surface area contributed by atoms with Crippen molar-refractivity contribution < 1.29 is 9.53 Å². The van der Waals surface area contributed by atoms with Crippen molar-refractivity contribution in [3.63, 3.8) is 0 Å². The monoisotopic (exact) mass is 302 g/mol. The molecule has 0 radical (unpaired) electrons. The van der Waals surface area contributed by atoms with Gasteiger partial charge in [0.15, 0.2) is 0 Å². The first-order chi connectivity index (χ1) is 10.6. The van der Waals surface area contributed by atoms with Gasteiger partial charge in [-0.15, -0.1) is 0 Å². The van der Waals surface area contributed by atoms with Crippen molar-refractivity contribution in [2.24, 2.45) is 7.05 Å². The fourth-order valence-electron chi connectivity index (χ4n) is 3.06. The van der Waals surface area contributed by atoms with Gasteiger partial charge in [-0.3, -0.25) is 9.48 Å². The Kier molecular flexibility index (Phi) is 4.02. The average Bonchev–Trinajstić information content (AvgIpc) is 3.12. The van der Waals surface area contributed by atoms with Crippen LogP contribution in [0, 0.1) is 0 Å². The zero-order valence-electron chi connectivity index (χ0n) is 13.3. The van der Waals surface area contributed by atoms with Gasteiger partial charge in [-0.05, 0) is 19.1 Å². The van der Waals surface area contributed by atoms with E-state index in [9.17, 15) is 4.79 Å². The minimum absolute atomic E-state index is 0.0466. The molecule has 0 fully saturated rings. The molecule has 22 heavy (non-hydrogen) atoms. The molecule has 2 aromatic heterocycles. The van der Waals surface area contributed by atoms with Crippen LogP contribution in [0.25, 0.3) is 0 Å². The summed E-state index contributed by atoms with van der Waals surface area (Å²) < 4.78 is 9.13. The third-order valence-electron chi connectivity index (χ3n) is 4.23. The Morgan fingerprint density at radius 2 is 2.32 bits per heavy atom. The lowest BCUT2D eigenvalue weighted by molar-refractivity contribution is 0.0668. The van der Waals surface area contributed by atoms with Crippen molar-refractivity contribution in [2.45, 2.75) is 25.9 Å². The van der Waals surface area contributed by atoms with Crippen LogP contribution in [-0.4, -0.2) is 45.4 Å². The summed E-state index contributed by atoms with van der Waals surface area (Å²) in [6.07, 6.45) is 3.98. The van der Waals surface area contributed by atoms with E-state index in [1.165, 1.54) is 5.56 Å². The Bertz CT molecular complexity index is 673. The minimum Gasteiger partial charge on any atom is -0.384 e. The lowest BCUT2D eigenvalue weighted by Crippen LogP contribution is -2.40. The quantitative estimate of drug-likeness (QED) is 0.862. The van der Waals surface area contributed by atoms with Gasteiger partial charge in [0.05, 0.1) is 18.8 Å². The smallest absolute Gasteiger partial charge is 0.270 e. The van der Waals surface area contributed by atoms with Gasteiger partial charge in [-0.25, -0.2) is 0 Å². The number of amides is 1. The molecule has 0 bridgehead atoms. The van der Waals surface area contributed by atoms with Crippen LogP contribution >= 0.6 is 0 Å². The summed E-state index contributed by atoms with van der Waals surface area (Å²) in [5.74, 6) is 0.226. The number of hydrogen-bond acceptors (Lipinski definition) is 3. The standard InChI is InChI=1S/C16H22N4O2/c1-4-20-9-13-12(11-22-3)8-19(10-14(13)17-20)16(21)15-6-5-7-18(15)2/h5-7,9,12H,4,8,10-11H2,1-3H3/t12-/m0/s1. The normalized spacial score (nSPS) is 17.6. The number of ether oxygens (including phenoxy) is 1. The Morgan fingerprint density at radius 3 is 2.95 bits per heavy atom. The maximum absolute atomic E-state index is 12.7. The highest BCUT2D eigenvalue weighted by molar-refractivity contribution is 5.92. The van der Waals surface area contributed by atoms with Crippen molar-refractivity contribution in [1.82, 2.24) is 19.2 Å². The molecule has 6 heteroatoms. The summed E-state index contributed by atoms with van der Waals surface area (Å²) in [5.41, 5.74) is 2.90. The highest BCUT2D eigenvalue weighted by Gasteiger charge is 2.31. The predicted molar refractivity (Wildman–Crippen MR) is 82.7 cm³/mol. The molecule has 1 atom stereocenters. The molecular formula is C16H22N4O2. The van der Waals surface area contributed by atoms with E-state index in [2.05, 4.69) is 18.2 Å². The van der Waals surface area contributed by atoms with Gasteiger partial charge in [0.1, 0.15) is 5.69 Å². The number of hydrogen-bond donors (Lipinski definition) is 0. The molecular weight excluding hydrogens is 280 g/mol. The lowest BCUT2D eigenvalue weighted by Gasteiger charge is -2.31. The van der Waals surface area contributed by atoms with E-state index in [1.54, 1.807) is 7.11 Å². The molecule has 0 spiro atoms. The van der Waals surface area contributed by atoms with E-state index in [0.717, 1.165) is 12.2 Å². The van der Waals surface area contributed by atoms with Gasteiger partial charge >= 0.3 is 0 Å². The van der Waals surface area contributed by atoms with Crippen LogP contribution < -0.4 is 0 Å². The molecule has 1 aliphatic rings. The number of aromatic nitrogens is 3. The summed E-state index contributed by atoms with van der Waals surface area (Å²) in [6, 6.07) is 3.74. The molecule has 3 rings (SSSR count). The van der Waals surface area contributed by atoms with Gasteiger partial charge in [0.2, 0.25) is 0 Å². The number of carbonyl (C=O) groups excluding carboxylic acids is 1. The van der Waals surface area contributed by atoms with Crippen LogP contribution in [0.3, 0.4) is 0 Å². The van der Waals surface area contributed by atoms with E-state index < -0.39 is 0 Å². The summed E-state index contributed by atoms with van der Waals surface area (Å²) in [5, 5.41) is 4.60. The van der Waals surface area contributed by atoms with Crippen molar-refractivity contribution in [3.8, 4) is 0 Å². The summed E-state index contributed by atoms with van der Waals surface area (Å²) >= 11 is 0. The predicted octanol–water partition coefficient (Wildman–Crippen LogP) is 1.63. The summed E-state index contributed by atoms with van der Waals surface area (Å²) in [7, 11) is 3.59. The summed E-state index contributed by atoms with van der Waals surface area (Å²) in [4.78, 5) is 14.6. The first kappa shape index (κ1) is 14.8. The third kappa shape index (κ3) is 2.54. The van der Waals surface area contributed by atoms with E-state index >= 15 is 0 Å². The second-order valence-corrected chi connectivity index (χ2v) is 5.73. The number of nitrogens with zero attached hydrogens (tertiary/aromatic N) is 4. The fourth-order valence-corrected chi connectivity index (χ4v) is 3.06. The second kappa shape index (κ2) is 5.96.